The van der Waals surface area contributed by atoms with Crippen molar-refractivity contribution in [2.75, 3.05) is 0 Å². The minimum Gasteiger partial charge on any atom is -0.292 e. The Morgan fingerprint density at radius 2 is 2.10 bits per heavy atom. The third-order valence-corrected chi connectivity index (χ3v) is 4.34. The number of Topliss-reactive ketones (excluding diaryl/α,β-unsaturated/α-hetero) is 1. The molecule has 1 fully saturated rings. The van der Waals surface area contributed by atoms with Gasteiger partial charge in [-0.1, -0.05) is 6.92 Å². The van der Waals surface area contributed by atoms with Gasteiger partial charge in [-0.15, -0.1) is 0 Å². The van der Waals surface area contributed by atoms with Gasteiger partial charge in [-0.3, -0.25) is 9.69 Å². The quantitative estimate of drug-likeness (QED) is 0.782. The van der Waals surface area contributed by atoms with E-state index in [1.807, 2.05) is 6.92 Å². The van der Waals surface area contributed by atoms with Crippen LogP contribution < -0.4 is 0 Å². The molecule has 0 N–H and O–H groups in total. The second-order valence-corrected chi connectivity index (χ2v) is 5.60. The van der Waals surface area contributed by atoms with Gasteiger partial charge in [0, 0.05) is 18.2 Å². The van der Waals surface area contributed by atoms with Crippen molar-refractivity contribution in [1.29, 1.82) is 0 Å². The average Bonchev–Trinajstić information content (AvgIpc) is 2.78. The molecule has 2 rings (SSSR count). The van der Waals surface area contributed by atoms with E-state index in [0.717, 1.165) is 31.4 Å². The van der Waals surface area contributed by atoms with Crippen LogP contribution in [0.1, 0.15) is 50.4 Å². The number of likely N-dealkylation sites (tertiary alicyclic amines) is 1. The van der Waals surface area contributed by atoms with Gasteiger partial charge >= 0.3 is 0 Å². The van der Waals surface area contributed by atoms with Crippen LogP contribution in [0.2, 0.25) is 0 Å². The zero-order chi connectivity index (χ0) is 14.9. The molecule has 1 aromatic carbocycles. The maximum atomic E-state index is 13.7. The summed E-state index contributed by atoms with van der Waals surface area (Å²) >= 11 is 0. The van der Waals surface area contributed by atoms with Crippen molar-refractivity contribution in [3.05, 3.63) is 35.4 Å². The van der Waals surface area contributed by atoms with Crippen molar-refractivity contribution in [2.24, 2.45) is 0 Å². The van der Waals surface area contributed by atoms with Gasteiger partial charge in [0.25, 0.3) is 0 Å². The molecule has 3 unspecified atom stereocenters. The highest BCUT2D eigenvalue weighted by atomic mass is 19.1. The van der Waals surface area contributed by atoms with E-state index in [9.17, 15) is 13.6 Å². The highest BCUT2D eigenvalue weighted by Gasteiger charge is 2.36. The van der Waals surface area contributed by atoms with Crippen LogP contribution >= 0.6 is 0 Å². The van der Waals surface area contributed by atoms with Crippen LogP contribution in [-0.2, 0) is 0 Å². The third kappa shape index (κ3) is 2.75. The number of hydrogen-bond acceptors (Lipinski definition) is 2. The van der Waals surface area contributed by atoms with Crippen molar-refractivity contribution in [1.82, 2.24) is 4.90 Å². The maximum Gasteiger partial charge on any atom is 0.182 e. The van der Waals surface area contributed by atoms with Crippen molar-refractivity contribution in [3.8, 4) is 0 Å². The molecule has 1 aliphatic rings. The summed E-state index contributed by atoms with van der Waals surface area (Å²) in [5.41, 5.74) is -0.0205. The molecule has 2 nitrogen and oxygen atoms in total. The van der Waals surface area contributed by atoms with Crippen molar-refractivity contribution < 1.29 is 13.6 Å². The Bertz CT molecular complexity index is 503. The summed E-state index contributed by atoms with van der Waals surface area (Å²) < 4.78 is 26.7. The number of benzene rings is 1. The topological polar surface area (TPSA) is 20.3 Å². The molecule has 1 heterocycles. The summed E-state index contributed by atoms with van der Waals surface area (Å²) in [5, 5.41) is 0. The molecule has 0 radical (unpaired) electrons. The second kappa shape index (κ2) is 6.00. The lowest BCUT2D eigenvalue weighted by molar-refractivity contribution is 0.0751. The smallest absolute Gasteiger partial charge is 0.182 e. The second-order valence-electron chi connectivity index (χ2n) is 5.60. The first kappa shape index (κ1) is 15.1. The molecular weight excluding hydrogens is 260 g/mol. The highest BCUT2D eigenvalue weighted by Crippen LogP contribution is 2.29. The van der Waals surface area contributed by atoms with Crippen LogP contribution in [0.3, 0.4) is 0 Å². The molecule has 0 saturated carbocycles. The predicted octanol–water partition coefficient (Wildman–Crippen LogP) is 3.80. The normalized spacial score (nSPS) is 24.9. The number of carbonyl (C=O) groups excluding carboxylic acids is 1. The average molecular weight is 281 g/mol. The van der Waals surface area contributed by atoms with Gasteiger partial charge in [-0.05, 0) is 45.2 Å². The van der Waals surface area contributed by atoms with E-state index in [1.165, 1.54) is 6.07 Å². The van der Waals surface area contributed by atoms with Crippen molar-refractivity contribution in [2.45, 2.75) is 58.2 Å². The van der Waals surface area contributed by atoms with Gasteiger partial charge in [0.05, 0.1) is 11.6 Å². The van der Waals surface area contributed by atoms with Crippen LogP contribution in [0.4, 0.5) is 8.78 Å². The molecule has 0 spiro atoms. The first-order chi connectivity index (χ1) is 9.45. The van der Waals surface area contributed by atoms with Gasteiger partial charge in [0.2, 0.25) is 0 Å². The molecule has 110 valence electrons. The summed E-state index contributed by atoms with van der Waals surface area (Å²) in [6.07, 6.45) is 3.11. The van der Waals surface area contributed by atoms with Gasteiger partial charge < -0.3 is 0 Å². The first-order valence-electron chi connectivity index (χ1n) is 7.22. The Balaban J connectivity index is 2.23. The summed E-state index contributed by atoms with van der Waals surface area (Å²) in [5.74, 6) is -1.70. The molecular formula is C16H21F2NO. The van der Waals surface area contributed by atoms with Gasteiger partial charge in [-0.2, -0.15) is 0 Å². The maximum absolute atomic E-state index is 13.7. The molecule has 0 amide bonds. The molecule has 3 atom stereocenters. The minimum absolute atomic E-state index is 0.0205. The van der Waals surface area contributed by atoms with E-state index < -0.39 is 11.6 Å². The fraction of sp³-hybridized carbons (Fsp3) is 0.562. The Hall–Kier alpha value is -1.29. The fourth-order valence-corrected chi connectivity index (χ4v) is 3.25. The minimum atomic E-state index is -0.776. The van der Waals surface area contributed by atoms with E-state index >= 15 is 0 Å². The van der Waals surface area contributed by atoms with Gasteiger partial charge in [0.15, 0.2) is 5.78 Å². The molecule has 0 bridgehead atoms. The molecule has 20 heavy (non-hydrogen) atoms. The van der Waals surface area contributed by atoms with Crippen LogP contribution in [0.5, 0.6) is 0 Å². The summed E-state index contributed by atoms with van der Waals surface area (Å²) in [6.45, 7) is 6.02. The Kier molecular flexibility index (Phi) is 4.53. The number of rotatable bonds is 4. The summed E-state index contributed by atoms with van der Waals surface area (Å²) in [6, 6.07) is 3.45. The SMILES string of the molecule is CCC1CCC(C)N1C(C)C(=O)c1ccc(F)cc1F. The van der Waals surface area contributed by atoms with Crippen molar-refractivity contribution >= 4 is 5.78 Å². The number of halogens is 2. The van der Waals surface area contributed by atoms with Gasteiger partial charge in [0.1, 0.15) is 11.6 Å². The third-order valence-electron chi connectivity index (χ3n) is 4.34. The fourth-order valence-electron chi connectivity index (χ4n) is 3.25. The predicted molar refractivity (Wildman–Crippen MR) is 74.8 cm³/mol. The number of nitrogens with zero attached hydrogens (tertiary/aromatic N) is 1. The Morgan fingerprint density at radius 3 is 2.70 bits per heavy atom. The molecule has 0 aliphatic carbocycles. The molecule has 4 heteroatoms. The lowest BCUT2D eigenvalue weighted by Gasteiger charge is -2.33. The molecule has 1 aromatic rings. The van der Waals surface area contributed by atoms with Crippen LogP contribution in [0, 0.1) is 11.6 Å². The molecule has 0 aromatic heterocycles. The Labute approximate surface area is 118 Å². The summed E-state index contributed by atoms with van der Waals surface area (Å²) in [7, 11) is 0. The van der Waals surface area contributed by atoms with E-state index in [2.05, 4.69) is 18.7 Å². The lowest BCUT2D eigenvalue weighted by Crippen LogP contribution is -2.45. The monoisotopic (exact) mass is 281 g/mol. The molecule has 1 saturated heterocycles. The number of ketones is 1. The van der Waals surface area contributed by atoms with Crippen LogP contribution in [0.25, 0.3) is 0 Å². The zero-order valence-corrected chi connectivity index (χ0v) is 12.2. The van der Waals surface area contributed by atoms with Crippen LogP contribution in [0.15, 0.2) is 18.2 Å². The largest absolute Gasteiger partial charge is 0.292 e. The van der Waals surface area contributed by atoms with Crippen molar-refractivity contribution in [3.63, 3.8) is 0 Å². The highest BCUT2D eigenvalue weighted by molar-refractivity contribution is 6.00. The van der Waals surface area contributed by atoms with E-state index in [-0.39, 0.29) is 17.4 Å². The zero-order valence-electron chi connectivity index (χ0n) is 12.2. The molecule has 1 aliphatic heterocycles. The standard InChI is InChI=1S/C16H21F2NO/c1-4-13-7-5-10(2)19(13)11(3)16(20)14-8-6-12(17)9-15(14)18/h6,8-11,13H,4-5,7H2,1-3H3. The van der Waals surface area contributed by atoms with Gasteiger partial charge in [-0.25, -0.2) is 8.78 Å². The van der Waals surface area contributed by atoms with E-state index in [4.69, 9.17) is 0 Å². The number of hydrogen-bond donors (Lipinski definition) is 0. The Morgan fingerprint density at radius 1 is 1.40 bits per heavy atom. The number of carbonyl (C=O) groups is 1. The van der Waals surface area contributed by atoms with Crippen LogP contribution in [-0.4, -0.2) is 28.8 Å². The summed E-state index contributed by atoms with van der Waals surface area (Å²) in [4.78, 5) is 14.6. The van der Waals surface area contributed by atoms with E-state index in [1.54, 1.807) is 0 Å². The first-order valence-corrected chi connectivity index (χ1v) is 7.22. The lowest BCUT2D eigenvalue weighted by atomic mass is 10.0. The van der Waals surface area contributed by atoms with E-state index in [0.29, 0.717) is 12.1 Å².